The fraction of sp³-hybridized carbons (Fsp3) is 0.200. The van der Waals surface area contributed by atoms with E-state index in [1.165, 1.54) is 12.1 Å². The fourth-order valence-electron chi connectivity index (χ4n) is 2.88. The first-order valence-corrected chi connectivity index (χ1v) is 10.1. The smallest absolute Gasteiger partial charge is 0.271 e. The van der Waals surface area contributed by atoms with Crippen molar-refractivity contribution in [3.8, 4) is 5.75 Å². The minimum atomic E-state index is -0.435. The van der Waals surface area contributed by atoms with Crippen molar-refractivity contribution in [2.75, 3.05) is 0 Å². The number of amides is 1. The number of non-ortho nitro benzene ring substituents is 1. The Morgan fingerprint density at radius 2 is 1.62 bits per heavy atom. The van der Waals surface area contributed by atoms with Crippen molar-refractivity contribution in [3.63, 3.8) is 0 Å². The summed E-state index contributed by atoms with van der Waals surface area (Å²) in [7, 11) is 0. The Labute approximate surface area is 186 Å². The van der Waals surface area contributed by atoms with Crippen LogP contribution in [-0.4, -0.2) is 17.0 Å². The number of nitro benzene ring substituents is 1. The van der Waals surface area contributed by atoms with Gasteiger partial charge in [0.2, 0.25) is 0 Å². The van der Waals surface area contributed by atoms with E-state index < -0.39 is 4.92 Å². The number of benzene rings is 3. The molecule has 1 amide bonds. The van der Waals surface area contributed by atoms with Crippen LogP contribution >= 0.6 is 0 Å². The van der Waals surface area contributed by atoms with Crippen molar-refractivity contribution < 1.29 is 14.5 Å². The Morgan fingerprint density at radius 1 is 1.00 bits per heavy atom. The van der Waals surface area contributed by atoms with Gasteiger partial charge >= 0.3 is 0 Å². The van der Waals surface area contributed by atoms with E-state index in [9.17, 15) is 14.9 Å². The van der Waals surface area contributed by atoms with Crippen molar-refractivity contribution in [1.82, 2.24) is 5.43 Å². The molecule has 3 rings (SSSR count). The average Bonchev–Trinajstić information content (AvgIpc) is 2.78. The normalized spacial score (nSPS) is 11.3. The zero-order valence-corrected chi connectivity index (χ0v) is 18.2. The quantitative estimate of drug-likeness (QED) is 0.315. The third-order valence-electron chi connectivity index (χ3n) is 4.83. The van der Waals surface area contributed by atoms with Crippen molar-refractivity contribution in [2.45, 2.75) is 32.8 Å². The molecule has 0 atom stereocenters. The Morgan fingerprint density at radius 3 is 2.19 bits per heavy atom. The second kappa shape index (κ2) is 9.87. The lowest BCUT2D eigenvalue weighted by atomic mass is 9.87. The molecule has 3 aromatic rings. The largest absolute Gasteiger partial charge is 0.489 e. The number of nitrogens with zero attached hydrogens (tertiary/aromatic N) is 2. The van der Waals surface area contributed by atoms with Crippen LogP contribution in [0, 0.1) is 10.1 Å². The van der Waals surface area contributed by atoms with Crippen molar-refractivity contribution in [3.05, 3.63) is 105 Å². The highest BCUT2D eigenvalue weighted by Gasteiger charge is 2.14. The van der Waals surface area contributed by atoms with Crippen LogP contribution in [0.5, 0.6) is 5.75 Å². The lowest BCUT2D eigenvalue weighted by Gasteiger charge is -2.18. The van der Waals surface area contributed by atoms with Gasteiger partial charge in [-0.3, -0.25) is 14.9 Å². The first-order valence-electron chi connectivity index (χ1n) is 10.1. The second-order valence-corrected chi connectivity index (χ2v) is 8.31. The maximum atomic E-state index is 12.2. The molecule has 0 fully saturated rings. The summed E-state index contributed by atoms with van der Waals surface area (Å²) in [6, 6.07) is 20.9. The zero-order chi connectivity index (χ0) is 23.1. The van der Waals surface area contributed by atoms with E-state index in [0.29, 0.717) is 17.9 Å². The summed E-state index contributed by atoms with van der Waals surface area (Å²) >= 11 is 0. The molecule has 0 aliphatic heterocycles. The van der Waals surface area contributed by atoms with E-state index >= 15 is 0 Å². The van der Waals surface area contributed by atoms with Crippen LogP contribution in [0.2, 0.25) is 0 Å². The number of ether oxygens (including phenoxy) is 1. The lowest BCUT2D eigenvalue weighted by Crippen LogP contribution is -2.18. The molecule has 164 valence electrons. The van der Waals surface area contributed by atoms with Gasteiger partial charge < -0.3 is 4.74 Å². The Bertz CT molecular complexity index is 1100. The molecule has 0 heterocycles. The van der Waals surface area contributed by atoms with E-state index in [-0.39, 0.29) is 17.0 Å². The van der Waals surface area contributed by atoms with Crippen molar-refractivity contribution >= 4 is 17.8 Å². The molecule has 7 heteroatoms. The number of hydrogen-bond donors (Lipinski definition) is 1. The molecule has 0 aromatic heterocycles. The summed E-state index contributed by atoms with van der Waals surface area (Å²) in [4.78, 5) is 22.5. The van der Waals surface area contributed by atoms with Gasteiger partial charge in [0.05, 0.1) is 11.1 Å². The Balaban J connectivity index is 1.50. The molecular formula is C25H25N3O4. The summed E-state index contributed by atoms with van der Waals surface area (Å²) in [6.07, 6.45) is 1.56. The van der Waals surface area contributed by atoms with Gasteiger partial charge in [0, 0.05) is 17.7 Å². The van der Waals surface area contributed by atoms with Crippen LogP contribution < -0.4 is 10.2 Å². The van der Waals surface area contributed by atoms with Crippen LogP contribution in [0.1, 0.15) is 47.8 Å². The fourth-order valence-corrected chi connectivity index (χ4v) is 2.88. The monoisotopic (exact) mass is 431 g/mol. The number of nitro groups is 1. The van der Waals surface area contributed by atoms with E-state index in [0.717, 1.165) is 16.7 Å². The molecule has 0 spiro atoms. The average molecular weight is 431 g/mol. The predicted molar refractivity (Wildman–Crippen MR) is 124 cm³/mol. The summed E-state index contributed by atoms with van der Waals surface area (Å²) in [5, 5.41) is 14.7. The first kappa shape index (κ1) is 22.7. The van der Waals surface area contributed by atoms with Crippen LogP contribution in [-0.2, 0) is 12.0 Å². The van der Waals surface area contributed by atoms with Gasteiger partial charge in [-0.1, -0.05) is 32.9 Å². The van der Waals surface area contributed by atoms with Crippen LogP contribution in [0.4, 0.5) is 5.69 Å². The molecule has 0 radical (unpaired) electrons. The summed E-state index contributed by atoms with van der Waals surface area (Å²) < 4.78 is 5.70. The van der Waals surface area contributed by atoms with Crippen LogP contribution in [0.25, 0.3) is 0 Å². The van der Waals surface area contributed by atoms with Crippen molar-refractivity contribution in [2.24, 2.45) is 5.10 Å². The number of rotatable bonds is 7. The van der Waals surface area contributed by atoms with Gasteiger partial charge in [-0.15, -0.1) is 0 Å². The number of carbonyl (C=O) groups excluding carboxylic acids is 1. The third-order valence-corrected chi connectivity index (χ3v) is 4.83. The van der Waals surface area contributed by atoms with Crippen LogP contribution in [0.3, 0.4) is 0 Å². The SMILES string of the molecule is CC(C)(C)c1ccc(C(=O)N/N=C\c2ccc(OCc3ccc([N+](=O)[O-])cc3)cc2)cc1. The maximum Gasteiger partial charge on any atom is 0.271 e. The van der Waals surface area contributed by atoms with E-state index in [2.05, 4.69) is 31.3 Å². The van der Waals surface area contributed by atoms with Gasteiger partial charge in [0.25, 0.3) is 11.6 Å². The third kappa shape index (κ3) is 6.25. The van der Waals surface area contributed by atoms with Crippen molar-refractivity contribution in [1.29, 1.82) is 0 Å². The highest BCUT2D eigenvalue weighted by Crippen LogP contribution is 2.22. The number of hydrazone groups is 1. The molecule has 0 unspecified atom stereocenters. The molecule has 0 saturated carbocycles. The predicted octanol–water partition coefficient (Wildman–Crippen LogP) is 5.24. The number of hydrogen-bond acceptors (Lipinski definition) is 5. The molecule has 0 aliphatic rings. The van der Waals surface area contributed by atoms with Gasteiger partial charge in [-0.25, -0.2) is 5.43 Å². The second-order valence-electron chi connectivity index (χ2n) is 8.31. The number of nitrogens with one attached hydrogen (secondary N) is 1. The molecule has 0 bridgehead atoms. The minimum Gasteiger partial charge on any atom is -0.489 e. The minimum absolute atomic E-state index is 0.0326. The van der Waals surface area contributed by atoms with Gasteiger partial charge in [-0.2, -0.15) is 5.10 Å². The van der Waals surface area contributed by atoms with E-state index in [1.54, 1.807) is 42.6 Å². The maximum absolute atomic E-state index is 12.2. The molecule has 3 aromatic carbocycles. The molecule has 7 nitrogen and oxygen atoms in total. The Hall–Kier alpha value is -4.00. The van der Waals surface area contributed by atoms with Gasteiger partial charge in [-0.05, 0) is 70.6 Å². The van der Waals surface area contributed by atoms with E-state index in [4.69, 9.17) is 4.74 Å². The molecule has 32 heavy (non-hydrogen) atoms. The van der Waals surface area contributed by atoms with E-state index in [1.807, 2.05) is 24.3 Å². The molecule has 1 N–H and O–H groups in total. The van der Waals surface area contributed by atoms with Gasteiger partial charge in [0.1, 0.15) is 12.4 Å². The summed E-state index contributed by atoms with van der Waals surface area (Å²) in [5.41, 5.74) is 5.95. The highest BCUT2D eigenvalue weighted by atomic mass is 16.6. The molecular weight excluding hydrogens is 406 g/mol. The zero-order valence-electron chi connectivity index (χ0n) is 18.2. The van der Waals surface area contributed by atoms with Gasteiger partial charge in [0.15, 0.2) is 0 Å². The number of carbonyl (C=O) groups is 1. The topological polar surface area (TPSA) is 93.8 Å². The summed E-state index contributed by atoms with van der Waals surface area (Å²) in [5.74, 6) is 0.383. The summed E-state index contributed by atoms with van der Waals surface area (Å²) in [6.45, 7) is 6.67. The molecule has 0 saturated heterocycles. The van der Waals surface area contributed by atoms with Crippen LogP contribution in [0.15, 0.2) is 77.9 Å². The Kier molecular flexibility index (Phi) is 7.00. The highest BCUT2D eigenvalue weighted by molar-refractivity contribution is 5.94. The lowest BCUT2D eigenvalue weighted by molar-refractivity contribution is -0.384. The first-order chi connectivity index (χ1) is 15.2. The molecule has 0 aliphatic carbocycles. The standard InChI is InChI=1S/C25H25N3O4/c1-25(2,3)21-10-8-20(9-11-21)24(29)27-26-16-18-6-14-23(15-7-18)32-17-19-4-12-22(13-5-19)28(30)31/h4-16H,17H2,1-3H3,(H,27,29)/b26-16-.